The lowest BCUT2D eigenvalue weighted by molar-refractivity contribution is 0.411. The molecule has 2 rings (SSSR count). The predicted octanol–water partition coefficient (Wildman–Crippen LogP) is 3.78. The van der Waals surface area contributed by atoms with Gasteiger partial charge in [-0.3, -0.25) is 0 Å². The molecule has 0 aliphatic carbocycles. The average molecular weight is 249 g/mol. The third kappa shape index (κ3) is 2.49. The molecule has 0 aliphatic heterocycles. The van der Waals surface area contributed by atoms with Gasteiger partial charge in [0.25, 0.3) is 0 Å². The van der Waals surface area contributed by atoms with Gasteiger partial charge >= 0.3 is 0 Å². The molecule has 0 saturated carbocycles. The van der Waals surface area contributed by atoms with Gasteiger partial charge in [0, 0.05) is 11.6 Å². The summed E-state index contributed by atoms with van der Waals surface area (Å²) in [5.41, 5.74) is 6.53. The van der Waals surface area contributed by atoms with Crippen molar-refractivity contribution in [3.8, 4) is 11.5 Å². The van der Waals surface area contributed by atoms with E-state index in [2.05, 4.69) is 0 Å². The first-order valence-corrected chi connectivity index (χ1v) is 5.56. The number of hydrogen-bond acceptors (Lipinski definition) is 2. The molecule has 0 bridgehead atoms. The number of nitrogens with two attached hydrogens (primary N) is 1. The topological polar surface area (TPSA) is 35.2 Å². The van der Waals surface area contributed by atoms with E-state index in [1.165, 1.54) is 12.1 Å². The van der Waals surface area contributed by atoms with Crippen molar-refractivity contribution >= 4 is 0 Å². The van der Waals surface area contributed by atoms with Crippen LogP contribution in [-0.2, 0) is 0 Å². The summed E-state index contributed by atoms with van der Waals surface area (Å²) in [6.45, 7) is 1.80. The molecular weight excluding hydrogens is 236 g/mol. The number of benzene rings is 2. The summed E-state index contributed by atoms with van der Waals surface area (Å²) in [5, 5.41) is 0. The van der Waals surface area contributed by atoms with Crippen molar-refractivity contribution in [2.24, 2.45) is 5.73 Å². The van der Waals surface area contributed by atoms with Crippen LogP contribution >= 0.6 is 0 Å². The van der Waals surface area contributed by atoms with Crippen LogP contribution in [0.3, 0.4) is 0 Å². The molecule has 94 valence electrons. The maximum atomic E-state index is 13.5. The van der Waals surface area contributed by atoms with E-state index in [0.29, 0.717) is 5.75 Å². The molecule has 4 heteroatoms. The van der Waals surface area contributed by atoms with Crippen LogP contribution in [0.4, 0.5) is 8.78 Å². The Kier molecular flexibility index (Phi) is 3.58. The molecule has 2 aromatic rings. The van der Waals surface area contributed by atoms with E-state index in [1.54, 1.807) is 25.1 Å². The van der Waals surface area contributed by atoms with Crippen molar-refractivity contribution < 1.29 is 13.5 Å². The van der Waals surface area contributed by atoms with Gasteiger partial charge in [-0.1, -0.05) is 24.3 Å². The highest BCUT2D eigenvalue weighted by Crippen LogP contribution is 2.30. The fourth-order valence-electron chi connectivity index (χ4n) is 1.63. The number of halogens is 2. The maximum absolute atomic E-state index is 13.5. The first-order chi connectivity index (χ1) is 8.59. The van der Waals surface area contributed by atoms with Gasteiger partial charge in [-0.2, -0.15) is 4.39 Å². The average Bonchev–Trinajstić information content (AvgIpc) is 2.35. The highest BCUT2D eigenvalue weighted by molar-refractivity contribution is 5.39. The minimum atomic E-state index is -1.00. The molecule has 0 unspecified atom stereocenters. The summed E-state index contributed by atoms with van der Waals surface area (Å²) in [7, 11) is 0. The molecule has 2 N–H and O–H groups in total. The number of ether oxygens (including phenoxy) is 1. The van der Waals surface area contributed by atoms with Gasteiger partial charge in [-0.25, -0.2) is 4.39 Å². The lowest BCUT2D eigenvalue weighted by Gasteiger charge is -2.13. The Morgan fingerprint density at radius 3 is 2.39 bits per heavy atom. The third-order valence-corrected chi connectivity index (χ3v) is 2.55. The van der Waals surface area contributed by atoms with Crippen LogP contribution in [-0.4, -0.2) is 0 Å². The van der Waals surface area contributed by atoms with Crippen LogP contribution in [0.15, 0.2) is 42.5 Å². The fraction of sp³-hybridized carbons (Fsp3) is 0.143. The second kappa shape index (κ2) is 5.14. The normalized spacial score (nSPS) is 12.2. The zero-order valence-electron chi connectivity index (χ0n) is 9.86. The van der Waals surface area contributed by atoms with E-state index in [0.717, 1.165) is 11.6 Å². The van der Waals surface area contributed by atoms with Crippen LogP contribution in [0.25, 0.3) is 0 Å². The van der Waals surface area contributed by atoms with Crippen LogP contribution in [0.1, 0.15) is 18.5 Å². The Morgan fingerprint density at radius 2 is 1.67 bits per heavy atom. The molecule has 0 aliphatic rings. The van der Waals surface area contributed by atoms with E-state index in [4.69, 9.17) is 10.5 Å². The number of para-hydroxylation sites is 1. The smallest absolute Gasteiger partial charge is 0.201 e. The summed E-state index contributed by atoms with van der Waals surface area (Å²) < 4.78 is 31.9. The van der Waals surface area contributed by atoms with E-state index >= 15 is 0 Å². The largest absolute Gasteiger partial charge is 0.454 e. The summed E-state index contributed by atoms with van der Waals surface area (Å²) in [6, 6.07) is 10.6. The van der Waals surface area contributed by atoms with E-state index in [-0.39, 0.29) is 11.8 Å². The van der Waals surface area contributed by atoms with Crippen molar-refractivity contribution in [2.45, 2.75) is 13.0 Å². The monoisotopic (exact) mass is 249 g/mol. The van der Waals surface area contributed by atoms with E-state index in [1.807, 2.05) is 6.07 Å². The van der Waals surface area contributed by atoms with Crippen molar-refractivity contribution in [3.63, 3.8) is 0 Å². The molecule has 0 saturated heterocycles. The second-order valence-electron chi connectivity index (χ2n) is 3.98. The molecular formula is C14H13F2NO. The van der Waals surface area contributed by atoms with Crippen LogP contribution < -0.4 is 10.5 Å². The lowest BCUT2D eigenvalue weighted by atomic mass is 10.1. The van der Waals surface area contributed by atoms with Crippen LogP contribution in [0, 0.1) is 11.6 Å². The SMILES string of the molecule is C[C@H](N)c1ccccc1Oc1cccc(F)c1F. The molecule has 1 atom stereocenters. The van der Waals surface area contributed by atoms with Crippen LogP contribution in [0.5, 0.6) is 11.5 Å². The lowest BCUT2D eigenvalue weighted by Crippen LogP contribution is -2.06. The first kappa shape index (κ1) is 12.5. The Hall–Kier alpha value is -1.94. The zero-order chi connectivity index (χ0) is 13.1. The molecule has 0 spiro atoms. The van der Waals surface area contributed by atoms with E-state index in [9.17, 15) is 8.78 Å². The standard InChI is InChI=1S/C14H13F2NO/c1-9(17)10-5-2-3-7-12(10)18-13-8-4-6-11(15)14(13)16/h2-9H,17H2,1H3/t9-/m0/s1. The summed E-state index contributed by atoms with van der Waals surface area (Å²) >= 11 is 0. The summed E-state index contributed by atoms with van der Waals surface area (Å²) in [5.74, 6) is -1.66. The van der Waals surface area contributed by atoms with Crippen molar-refractivity contribution in [1.82, 2.24) is 0 Å². The molecule has 0 heterocycles. The van der Waals surface area contributed by atoms with Gasteiger partial charge in [-0.15, -0.1) is 0 Å². The minimum Gasteiger partial charge on any atom is -0.454 e. The Bertz CT molecular complexity index is 555. The Balaban J connectivity index is 2.37. The van der Waals surface area contributed by atoms with Gasteiger partial charge in [0.05, 0.1) is 0 Å². The van der Waals surface area contributed by atoms with Gasteiger partial charge in [0.2, 0.25) is 5.82 Å². The highest BCUT2D eigenvalue weighted by atomic mass is 19.2. The zero-order valence-corrected chi connectivity index (χ0v) is 9.86. The van der Waals surface area contributed by atoms with Crippen LogP contribution in [0.2, 0.25) is 0 Å². The maximum Gasteiger partial charge on any atom is 0.201 e. The fourth-order valence-corrected chi connectivity index (χ4v) is 1.63. The Morgan fingerprint density at radius 1 is 1.00 bits per heavy atom. The van der Waals surface area contributed by atoms with Crippen molar-refractivity contribution in [1.29, 1.82) is 0 Å². The van der Waals surface area contributed by atoms with Crippen molar-refractivity contribution in [3.05, 3.63) is 59.7 Å². The highest BCUT2D eigenvalue weighted by Gasteiger charge is 2.13. The molecule has 2 nitrogen and oxygen atoms in total. The molecule has 2 aromatic carbocycles. The number of rotatable bonds is 3. The van der Waals surface area contributed by atoms with Gasteiger partial charge < -0.3 is 10.5 Å². The predicted molar refractivity (Wildman–Crippen MR) is 65.5 cm³/mol. The molecule has 0 radical (unpaired) electrons. The van der Waals surface area contributed by atoms with Gasteiger partial charge in [0.1, 0.15) is 5.75 Å². The molecule has 0 aromatic heterocycles. The number of hydrogen-bond donors (Lipinski definition) is 1. The summed E-state index contributed by atoms with van der Waals surface area (Å²) in [4.78, 5) is 0. The van der Waals surface area contributed by atoms with E-state index < -0.39 is 11.6 Å². The molecule has 18 heavy (non-hydrogen) atoms. The summed E-state index contributed by atoms with van der Waals surface area (Å²) in [6.07, 6.45) is 0. The van der Waals surface area contributed by atoms with Gasteiger partial charge in [0.15, 0.2) is 11.6 Å². The molecule has 0 amide bonds. The quantitative estimate of drug-likeness (QED) is 0.898. The molecule has 0 fully saturated rings. The second-order valence-corrected chi connectivity index (χ2v) is 3.98. The first-order valence-electron chi connectivity index (χ1n) is 5.56. The minimum absolute atomic E-state index is 0.150. The van der Waals surface area contributed by atoms with Gasteiger partial charge in [-0.05, 0) is 25.1 Å². The third-order valence-electron chi connectivity index (χ3n) is 2.55. The Labute approximate surface area is 104 Å². The van der Waals surface area contributed by atoms with Crippen molar-refractivity contribution in [2.75, 3.05) is 0 Å².